The molecule has 0 spiro atoms. The smallest absolute Gasteiger partial charge is 0.323 e. The number of ether oxygens (including phenoxy) is 3. The van der Waals surface area contributed by atoms with Crippen LogP contribution in [0.5, 0.6) is 11.5 Å². The molecule has 1 aliphatic rings. The summed E-state index contributed by atoms with van der Waals surface area (Å²) < 4.78 is 15.8. The Morgan fingerprint density at radius 1 is 1.30 bits per heavy atom. The highest BCUT2D eigenvalue weighted by molar-refractivity contribution is 5.75. The highest BCUT2D eigenvalue weighted by atomic mass is 16.5. The van der Waals surface area contributed by atoms with Crippen LogP contribution in [0.15, 0.2) is 24.3 Å². The fourth-order valence-electron chi connectivity index (χ4n) is 2.51. The summed E-state index contributed by atoms with van der Waals surface area (Å²) >= 11 is 0. The second-order valence-corrected chi connectivity index (χ2v) is 4.72. The maximum Gasteiger partial charge on any atom is 0.323 e. The van der Waals surface area contributed by atoms with Crippen molar-refractivity contribution in [1.29, 1.82) is 0 Å². The van der Waals surface area contributed by atoms with E-state index in [0.29, 0.717) is 13.2 Å². The van der Waals surface area contributed by atoms with Gasteiger partial charge in [-0.1, -0.05) is 12.1 Å². The summed E-state index contributed by atoms with van der Waals surface area (Å²) in [5.74, 6) is 1.29. The molecule has 1 aromatic rings. The van der Waals surface area contributed by atoms with E-state index in [9.17, 15) is 4.79 Å². The maximum absolute atomic E-state index is 11.6. The van der Waals surface area contributed by atoms with Crippen molar-refractivity contribution in [2.75, 3.05) is 33.9 Å². The van der Waals surface area contributed by atoms with Gasteiger partial charge >= 0.3 is 5.97 Å². The van der Waals surface area contributed by atoms with Crippen molar-refractivity contribution in [3.63, 3.8) is 0 Å². The molecule has 1 atom stereocenters. The van der Waals surface area contributed by atoms with Crippen molar-refractivity contribution in [1.82, 2.24) is 4.90 Å². The van der Waals surface area contributed by atoms with Gasteiger partial charge < -0.3 is 14.2 Å². The number of rotatable bonds is 6. The normalized spacial score (nSPS) is 18.8. The van der Waals surface area contributed by atoms with Crippen molar-refractivity contribution >= 4 is 5.97 Å². The molecule has 1 saturated heterocycles. The third-order valence-corrected chi connectivity index (χ3v) is 3.54. The number of methoxy groups -OCH3 is 2. The molecular formula is C15H21NO4. The van der Waals surface area contributed by atoms with Crippen LogP contribution in [0.25, 0.3) is 0 Å². The Morgan fingerprint density at radius 2 is 2.05 bits per heavy atom. The summed E-state index contributed by atoms with van der Waals surface area (Å²) in [6.45, 7) is 2.14. The molecule has 2 rings (SSSR count). The zero-order chi connectivity index (χ0) is 14.4. The molecule has 0 radical (unpaired) electrons. The molecule has 1 unspecified atom stereocenters. The molecule has 0 aromatic heterocycles. The first-order valence-electron chi connectivity index (χ1n) is 6.84. The Balaban J connectivity index is 1.85. The SMILES string of the molecule is COC(=O)C1CCCN1CCOc1ccccc1OC. The largest absolute Gasteiger partial charge is 0.493 e. The second kappa shape index (κ2) is 7.14. The summed E-state index contributed by atoms with van der Waals surface area (Å²) in [6.07, 6.45) is 1.88. The predicted octanol–water partition coefficient (Wildman–Crippen LogP) is 1.71. The molecule has 0 aliphatic carbocycles. The van der Waals surface area contributed by atoms with E-state index < -0.39 is 0 Å². The number of hydrogen-bond acceptors (Lipinski definition) is 5. The highest BCUT2D eigenvalue weighted by Crippen LogP contribution is 2.26. The zero-order valence-corrected chi connectivity index (χ0v) is 12.0. The predicted molar refractivity (Wildman–Crippen MR) is 75.1 cm³/mol. The monoisotopic (exact) mass is 279 g/mol. The maximum atomic E-state index is 11.6. The van der Waals surface area contributed by atoms with Crippen molar-refractivity contribution < 1.29 is 19.0 Å². The Hall–Kier alpha value is -1.75. The number of para-hydroxylation sites is 2. The molecule has 1 heterocycles. The summed E-state index contributed by atoms with van der Waals surface area (Å²) in [6, 6.07) is 7.43. The highest BCUT2D eigenvalue weighted by Gasteiger charge is 2.31. The molecule has 1 aromatic carbocycles. The quantitative estimate of drug-likeness (QED) is 0.742. The minimum Gasteiger partial charge on any atom is -0.493 e. The van der Waals surface area contributed by atoms with E-state index in [2.05, 4.69) is 4.90 Å². The molecule has 20 heavy (non-hydrogen) atoms. The van der Waals surface area contributed by atoms with Crippen molar-refractivity contribution in [2.45, 2.75) is 18.9 Å². The Morgan fingerprint density at radius 3 is 2.75 bits per heavy atom. The van der Waals surface area contributed by atoms with E-state index in [1.807, 2.05) is 24.3 Å². The van der Waals surface area contributed by atoms with E-state index in [1.165, 1.54) is 7.11 Å². The number of hydrogen-bond donors (Lipinski definition) is 0. The van der Waals surface area contributed by atoms with E-state index in [-0.39, 0.29) is 12.0 Å². The fraction of sp³-hybridized carbons (Fsp3) is 0.533. The minimum atomic E-state index is -0.153. The van der Waals surface area contributed by atoms with Gasteiger partial charge in [-0.15, -0.1) is 0 Å². The lowest BCUT2D eigenvalue weighted by Crippen LogP contribution is -2.39. The van der Waals surface area contributed by atoms with E-state index in [1.54, 1.807) is 7.11 Å². The topological polar surface area (TPSA) is 48.0 Å². The summed E-state index contributed by atoms with van der Waals surface area (Å²) in [7, 11) is 3.06. The van der Waals surface area contributed by atoms with Crippen molar-refractivity contribution in [3.05, 3.63) is 24.3 Å². The van der Waals surface area contributed by atoms with Crippen LogP contribution in [0.1, 0.15) is 12.8 Å². The van der Waals surface area contributed by atoms with Crippen molar-refractivity contribution in [3.8, 4) is 11.5 Å². The number of nitrogens with zero attached hydrogens (tertiary/aromatic N) is 1. The Labute approximate surface area is 119 Å². The second-order valence-electron chi connectivity index (χ2n) is 4.72. The Bertz CT molecular complexity index is 449. The lowest BCUT2D eigenvalue weighted by Gasteiger charge is -2.22. The average molecular weight is 279 g/mol. The van der Waals surface area contributed by atoms with Gasteiger partial charge in [-0.3, -0.25) is 9.69 Å². The van der Waals surface area contributed by atoms with Gasteiger partial charge in [0.2, 0.25) is 0 Å². The van der Waals surface area contributed by atoms with Gasteiger partial charge in [0, 0.05) is 6.54 Å². The Kier molecular flexibility index (Phi) is 5.24. The molecule has 1 aliphatic heterocycles. The summed E-state index contributed by atoms with van der Waals surface area (Å²) in [5.41, 5.74) is 0. The zero-order valence-electron chi connectivity index (χ0n) is 12.0. The van der Waals surface area contributed by atoms with Gasteiger partial charge in [-0.05, 0) is 31.5 Å². The minimum absolute atomic E-state index is 0.124. The standard InChI is InChI=1S/C15H21NO4/c1-18-13-7-3-4-8-14(13)20-11-10-16-9-5-6-12(16)15(17)19-2/h3-4,7-8,12H,5-6,9-11H2,1-2H3. The van der Waals surface area contributed by atoms with Crippen LogP contribution >= 0.6 is 0 Å². The van der Waals surface area contributed by atoms with Crippen LogP contribution in [0, 0.1) is 0 Å². The molecule has 5 nitrogen and oxygen atoms in total. The summed E-state index contributed by atoms with van der Waals surface area (Å²) in [5, 5.41) is 0. The molecule has 0 N–H and O–H groups in total. The van der Waals surface area contributed by atoms with Gasteiger partial charge in [0.15, 0.2) is 11.5 Å². The number of likely N-dealkylation sites (tertiary alicyclic amines) is 1. The van der Waals surface area contributed by atoms with Crippen LogP contribution in [0.2, 0.25) is 0 Å². The lowest BCUT2D eigenvalue weighted by molar-refractivity contribution is -0.145. The van der Waals surface area contributed by atoms with Crippen molar-refractivity contribution in [2.24, 2.45) is 0 Å². The molecule has 0 amide bonds. The molecule has 0 saturated carbocycles. The molecular weight excluding hydrogens is 258 g/mol. The third-order valence-electron chi connectivity index (χ3n) is 3.54. The molecule has 110 valence electrons. The van der Waals surface area contributed by atoms with Gasteiger partial charge in [0.05, 0.1) is 14.2 Å². The number of benzene rings is 1. The first-order valence-corrected chi connectivity index (χ1v) is 6.84. The number of carbonyl (C=O) groups is 1. The van der Waals surface area contributed by atoms with Crippen LogP contribution < -0.4 is 9.47 Å². The number of esters is 1. The van der Waals surface area contributed by atoms with Gasteiger partial charge in [0.25, 0.3) is 0 Å². The molecule has 5 heteroatoms. The van der Waals surface area contributed by atoms with Gasteiger partial charge in [0.1, 0.15) is 12.6 Å². The molecule has 1 fully saturated rings. The molecule has 0 bridgehead atoms. The lowest BCUT2D eigenvalue weighted by atomic mass is 10.2. The van der Waals surface area contributed by atoms with Crippen LogP contribution in [-0.2, 0) is 9.53 Å². The van der Waals surface area contributed by atoms with E-state index >= 15 is 0 Å². The van der Waals surface area contributed by atoms with Crippen LogP contribution in [0.3, 0.4) is 0 Å². The van der Waals surface area contributed by atoms with Crippen LogP contribution in [0.4, 0.5) is 0 Å². The average Bonchev–Trinajstić information content (AvgIpc) is 2.95. The fourth-order valence-corrected chi connectivity index (χ4v) is 2.51. The van der Waals surface area contributed by atoms with Crippen LogP contribution in [-0.4, -0.2) is 50.8 Å². The first kappa shape index (κ1) is 14.7. The third kappa shape index (κ3) is 3.42. The van der Waals surface area contributed by atoms with E-state index in [0.717, 1.165) is 30.9 Å². The summed E-state index contributed by atoms with van der Waals surface area (Å²) in [4.78, 5) is 13.7. The number of carbonyl (C=O) groups excluding carboxylic acids is 1. The first-order chi connectivity index (χ1) is 9.76. The van der Waals surface area contributed by atoms with Gasteiger partial charge in [-0.25, -0.2) is 0 Å². The van der Waals surface area contributed by atoms with Gasteiger partial charge in [-0.2, -0.15) is 0 Å². The van der Waals surface area contributed by atoms with E-state index in [4.69, 9.17) is 14.2 Å².